The molecule has 1 aliphatic rings. The minimum absolute atomic E-state index is 0.0653. The molecule has 1 aromatic carbocycles. The fourth-order valence-corrected chi connectivity index (χ4v) is 4.08. The molecule has 134 valence electrons. The summed E-state index contributed by atoms with van der Waals surface area (Å²) in [5.41, 5.74) is 0.872. The van der Waals surface area contributed by atoms with Crippen LogP contribution in [0.15, 0.2) is 34.7 Å². The van der Waals surface area contributed by atoms with Crippen LogP contribution < -0.4 is 9.47 Å². The molecule has 2 aromatic rings. The first-order chi connectivity index (χ1) is 12.2. The zero-order valence-corrected chi connectivity index (χ0v) is 15.0. The van der Waals surface area contributed by atoms with Crippen molar-refractivity contribution in [2.24, 2.45) is 0 Å². The second-order valence-electron chi connectivity index (χ2n) is 5.61. The molecule has 6 nitrogen and oxygen atoms in total. The topological polar surface area (TPSA) is 72.1 Å². The molecule has 25 heavy (non-hydrogen) atoms. The molecule has 0 saturated carbocycles. The number of hydrogen-bond acceptors (Lipinski definition) is 6. The summed E-state index contributed by atoms with van der Waals surface area (Å²) >= 11 is 1.65. The maximum absolute atomic E-state index is 12.6. The Morgan fingerprint density at radius 1 is 1.28 bits per heavy atom. The molecule has 0 aliphatic carbocycles. The average molecular weight is 363 g/mol. The van der Waals surface area contributed by atoms with Gasteiger partial charge < -0.3 is 23.9 Å². The number of para-hydroxylation sites is 1. The van der Waals surface area contributed by atoms with Crippen molar-refractivity contribution < 1.29 is 23.8 Å². The third-order valence-corrected chi connectivity index (χ3v) is 5.34. The molecule has 1 N–H and O–H groups in total. The number of benzene rings is 1. The summed E-state index contributed by atoms with van der Waals surface area (Å²) in [6.45, 7) is 0.237. The van der Waals surface area contributed by atoms with Crippen LogP contribution in [0.5, 0.6) is 11.5 Å². The van der Waals surface area contributed by atoms with E-state index in [1.165, 1.54) is 0 Å². The number of aliphatic hydroxyl groups excluding tert-OH is 1. The van der Waals surface area contributed by atoms with E-state index in [-0.39, 0.29) is 17.9 Å². The molecular formula is C18H21NO5S. The number of furan rings is 1. The Bertz CT molecular complexity index is 745. The maximum Gasteiger partial charge on any atom is 0.224 e. The maximum atomic E-state index is 12.6. The number of carbonyl (C=O) groups excluding carboxylic acids is 1. The van der Waals surface area contributed by atoms with Crippen molar-refractivity contribution in [3.8, 4) is 11.5 Å². The highest BCUT2D eigenvalue weighted by Crippen LogP contribution is 2.41. The van der Waals surface area contributed by atoms with Crippen LogP contribution >= 0.6 is 11.8 Å². The second-order valence-corrected chi connectivity index (χ2v) is 6.80. The quantitative estimate of drug-likeness (QED) is 0.851. The molecule has 3 rings (SSSR count). The van der Waals surface area contributed by atoms with E-state index in [4.69, 9.17) is 13.9 Å². The molecule has 1 fully saturated rings. The van der Waals surface area contributed by atoms with E-state index in [0.717, 1.165) is 11.3 Å². The van der Waals surface area contributed by atoms with Gasteiger partial charge in [0.05, 0.1) is 20.8 Å². The van der Waals surface area contributed by atoms with Gasteiger partial charge in [0.1, 0.15) is 23.5 Å². The Balaban J connectivity index is 1.91. The van der Waals surface area contributed by atoms with E-state index in [1.807, 2.05) is 24.3 Å². The highest BCUT2D eigenvalue weighted by Gasteiger charge is 2.32. The monoisotopic (exact) mass is 363 g/mol. The van der Waals surface area contributed by atoms with Gasteiger partial charge in [0, 0.05) is 17.7 Å². The van der Waals surface area contributed by atoms with Crippen molar-refractivity contribution in [3.63, 3.8) is 0 Å². The first kappa shape index (κ1) is 17.7. The number of amides is 1. The molecule has 0 radical (unpaired) electrons. The minimum Gasteiger partial charge on any atom is -0.493 e. The number of hydrogen-bond donors (Lipinski definition) is 1. The van der Waals surface area contributed by atoms with Crippen LogP contribution in [0.3, 0.4) is 0 Å². The summed E-state index contributed by atoms with van der Waals surface area (Å²) in [7, 11) is 3.18. The molecule has 7 heteroatoms. The summed E-state index contributed by atoms with van der Waals surface area (Å²) in [6, 6.07) is 9.18. The lowest BCUT2D eigenvalue weighted by Crippen LogP contribution is -2.36. The van der Waals surface area contributed by atoms with Crippen LogP contribution in [0.4, 0.5) is 0 Å². The molecular weight excluding hydrogens is 342 g/mol. The van der Waals surface area contributed by atoms with Gasteiger partial charge in [-0.15, -0.1) is 11.8 Å². The van der Waals surface area contributed by atoms with Gasteiger partial charge in [-0.2, -0.15) is 0 Å². The Labute approximate surface area is 150 Å². The summed E-state index contributed by atoms with van der Waals surface area (Å²) in [5.74, 6) is 3.23. The van der Waals surface area contributed by atoms with Crippen LogP contribution in [0.25, 0.3) is 0 Å². The number of ether oxygens (including phenoxy) is 2. The second kappa shape index (κ2) is 7.84. The normalized spacial score (nSPS) is 17.6. The molecule has 1 amide bonds. The number of thioether (sulfide) groups is 1. The first-order valence-electron chi connectivity index (χ1n) is 7.98. The van der Waals surface area contributed by atoms with Crippen LogP contribution in [-0.4, -0.2) is 35.9 Å². The van der Waals surface area contributed by atoms with Crippen molar-refractivity contribution in [2.45, 2.75) is 24.9 Å². The van der Waals surface area contributed by atoms with E-state index in [1.54, 1.807) is 36.9 Å². The van der Waals surface area contributed by atoms with E-state index in [2.05, 4.69) is 0 Å². The van der Waals surface area contributed by atoms with Gasteiger partial charge in [0.2, 0.25) is 5.91 Å². The van der Waals surface area contributed by atoms with Crippen LogP contribution in [0.1, 0.15) is 28.9 Å². The SMILES string of the molecule is COc1cccc(CN2C(=O)CCSC2c2ccc(CO)o2)c1OC. The first-order valence-corrected chi connectivity index (χ1v) is 9.03. The Morgan fingerprint density at radius 2 is 2.12 bits per heavy atom. The number of carbonyl (C=O) groups is 1. The molecule has 1 atom stereocenters. The molecule has 0 bridgehead atoms. The fraction of sp³-hybridized carbons (Fsp3) is 0.389. The number of aliphatic hydroxyl groups is 1. The molecule has 1 saturated heterocycles. The van der Waals surface area contributed by atoms with Crippen LogP contribution in [-0.2, 0) is 17.9 Å². The molecule has 1 aromatic heterocycles. The predicted molar refractivity (Wildman–Crippen MR) is 94.5 cm³/mol. The van der Waals surface area contributed by atoms with Crippen LogP contribution in [0.2, 0.25) is 0 Å². The Morgan fingerprint density at radius 3 is 2.80 bits per heavy atom. The lowest BCUT2D eigenvalue weighted by Gasteiger charge is -2.34. The van der Waals surface area contributed by atoms with Crippen molar-refractivity contribution in [1.29, 1.82) is 0 Å². The number of rotatable bonds is 6. The largest absolute Gasteiger partial charge is 0.493 e. The van der Waals surface area contributed by atoms with Crippen molar-refractivity contribution in [1.82, 2.24) is 4.90 Å². The minimum atomic E-state index is -0.225. The predicted octanol–water partition coefficient (Wildman–Crippen LogP) is 2.95. The van der Waals surface area contributed by atoms with E-state index < -0.39 is 0 Å². The molecule has 1 unspecified atom stereocenters. The lowest BCUT2D eigenvalue weighted by atomic mass is 10.1. The summed E-state index contributed by atoms with van der Waals surface area (Å²) in [4.78, 5) is 14.3. The summed E-state index contributed by atoms with van der Waals surface area (Å²) in [5, 5.41) is 8.99. The lowest BCUT2D eigenvalue weighted by molar-refractivity contribution is -0.133. The van der Waals surface area contributed by atoms with Gasteiger partial charge in [0.25, 0.3) is 0 Å². The Hall–Kier alpha value is -2.12. The van der Waals surface area contributed by atoms with Crippen molar-refractivity contribution in [3.05, 3.63) is 47.4 Å². The van der Waals surface area contributed by atoms with E-state index >= 15 is 0 Å². The third kappa shape index (κ3) is 3.62. The molecule has 0 spiro atoms. The van der Waals surface area contributed by atoms with Gasteiger partial charge >= 0.3 is 0 Å². The average Bonchev–Trinajstić information content (AvgIpc) is 3.12. The molecule has 2 heterocycles. The van der Waals surface area contributed by atoms with Gasteiger partial charge in [-0.3, -0.25) is 4.79 Å². The summed E-state index contributed by atoms with van der Waals surface area (Å²) in [6.07, 6.45) is 0.487. The van der Waals surface area contributed by atoms with E-state index in [9.17, 15) is 9.90 Å². The standard InChI is InChI=1S/C18H21NO5S/c1-22-14-5-3-4-12(17(14)23-2)10-19-16(21)8-9-25-18(19)15-7-6-13(11-20)24-15/h3-7,18,20H,8-11H2,1-2H3. The molecule has 1 aliphatic heterocycles. The highest BCUT2D eigenvalue weighted by molar-refractivity contribution is 7.99. The fourth-order valence-electron chi connectivity index (χ4n) is 2.90. The van der Waals surface area contributed by atoms with Gasteiger partial charge in [-0.05, 0) is 18.2 Å². The zero-order valence-electron chi connectivity index (χ0n) is 14.2. The van der Waals surface area contributed by atoms with E-state index in [0.29, 0.717) is 36.0 Å². The van der Waals surface area contributed by atoms with Crippen molar-refractivity contribution >= 4 is 17.7 Å². The van der Waals surface area contributed by atoms with Gasteiger partial charge in [0.15, 0.2) is 11.5 Å². The van der Waals surface area contributed by atoms with Gasteiger partial charge in [-0.1, -0.05) is 12.1 Å². The smallest absolute Gasteiger partial charge is 0.224 e. The Kier molecular flexibility index (Phi) is 5.55. The van der Waals surface area contributed by atoms with Gasteiger partial charge in [-0.25, -0.2) is 0 Å². The zero-order chi connectivity index (χ0) is 17.8. The highest BCUT2D eigenvalue weighted by atomic mass is 32.2. The van der Waals surface area contributed by atoms with Crippen molar-refractivity contribution in [2.75, 3.05) is 20.0 Å². The van der Waals surface area contributed by atoms with Crippen LogP contribution in [0, 0.1) is 0 Å². The third-order valence-electron chi connectivity index (χ3n) is 4.10. The number of methoxy groups -OCH3 is 2. The number of nitrogens with zero attached hydrogens (tertiary/aromatic N) is 1. The summed E-state index contributed by atoms with van der Waals surface area (Å²) < 4.78 is 16.5.